The summed E-state index contributed by atoms with van der Waals surface area (Å²) < 4.78 is 0. The van der Waals surface area contributed by atoms with Crippen LogP contribution in [0, 0.1) is 20.2 Å². The van der Waals surface area contributed by atoms with E-state index in [-0.39, 0.29) is 35.2 Å². The van der Waals surface area contributed by atoms with Gasteiger partial charge in [-0.1, -0.05) is 77.6 Å². The van der Waals surface area contributed by atoms with Crippen molar-refractivity contribution in [3.8, 4) is 0 Å². The fourth-order valence-corrected chi connectivity index (χ4v) is 5.83. The van der Waals surface area contributed by atoms with Crippen molar-refractivity contribution in [2.75, 3.05) is 57.5 Å². The third-order valence-corrected chi connectivity index (χ3v) is 9.30. The van der Waals surface area contributed by atoms with Crippen LogP contribution in [0.25, 0.3) is 0 Å². The Morgan fingerprint density at radius 1 is 0.500 bits per heavy atom. The SMILES string of the molecule is CCCCN(CCCC)c1nc(N/N=C\c2ccc(/C=N\Nc3nc(Nc4ccc([N+](=O)[O-])cc4)nc(N(CCCC)CCCC)n3)cc2)nc(Nc2ccc([N+](=O)[O-])cc2)n1. The molecule has 5 aromatic rings. The van der Waals surface area contributed by atoms with Crippen molar-refractivity contribution in [1.82, 2.24) is 29.9 Å². The van der Waals surface area contributed by atoms with Gasteiger partial charge in [0.25, 0.3) is 11.4 Å². The van der Waals surface area contributed by atoms with Gasteiger partial charge in [-0.3, -0.25) is 20.2 Å². The average Bonchev–Trinajstić information content (AvgIpc) is 3.27. The molecule has 0 aliphatic carbocycles. The summed E-state index contributed by atoms with van der Waals surface area (Å²) in [6.07, 6.45) is 11.2. The van der Waals surface area contributed by atoms with E-state index in [0.717, 1.165) is 88.7 Å². The summed E-state index contributed by atoms with van der Waals surface area (Å²) in [7, 11) is 0. The van der Waals surface area contributed by atoms with Crippen LogP contribution in [0.4, 0.5) is 58.4 Å². The summed E-state index contributed by atoms with van der Waals surface area (Å²) in [6.45, 7) is 11.7. The molecule has 0 radical (unpaired) electrons. The minimum Gasteiger partial charge on any atom is -0.341 e. The van der Waals surface area contributed by atoms with Crippen LogP contribution in [0.5, 0.6) is 0 Å². The molecule has 0 fully saturated rings. The van der Waals surface area contributed by atoms with E-state index in [1.165, 1.54) is 24.3 Å². The number of benzene rings is 3. The van der Waals surface area contributed by atoms with E-state index in [9.17, 15) is 20.2 Å². The molecule has 2 heterocycles. The van der Waals surface area contributed by atoms with Gasteiger partial charge in [0.15, 0.2) is 0 Å². The number of non-ortho nitro benzene ring substituents is 2. The highest BCUT2D eigenvalue weighted by Crippen LogP contribution is 2.23. The molecule has 3 aromatic carbocycles. The van der Waals surface area contributed by atoms with E-state index < -0.39 is 9.85 Å². The van der Waals surface area contributed by atoms with Crippen molar-refractivity contribution in [2.24, 2.45) is 10.2 Å². The van der Waals surface area contributed by atoms with Gasteiger partial charge in [0, 0.05) is 61.8 Å². The molecule has 0 unspecified atom stereocenters. The van der Waals surface area contributed by atoms with Crippen molar-refractivity contribution >= 4 is 70.9 Å². The van der Waals surface area contributed by atoms with Crippen molar-refractivity contribution in [3.05, 3.63) is 104 Å². The molecule has 0 bridgehead atoms. The second-order valence-electron chi connectivity index (χ2n) is 14.2. The zero-order valence-electron chi connectivity index (χ0n) is 35.6. The Balaban J connectivity index is 1.29. The Morgan fingerprint density at radius 2 is 0.823 bits per heavy atom. The lowest BCUT2D eigenvalue weighted by Gasteiger charge is -2.23. The minimum absolute atomic E-state index is 0.0160. The summed E-state index contributed by atoms with van der Waals surface area (Å²) in [4.78, 5) is 53.5. The molecule has 20 heteroatoms. The second-order valence-corrected chi connectivity index (χ2v) is 14.2. The molecule has 0 atom stereocenters. The van der Waals surface area contributed by atoms with Crippen LogP contribution < -0.4 is 31.3 Å². The first kappa shape index (κ1) is 45.7. The molecule has 0 amide bonds. The normalized spacial score (nSPS) is 11.2. The highest BCUT2D eigenvalue weighted by Gasteiger charge is 2.16. The average molecular weight is 847 g/mol. The summed E-state index contributed by atoms with van der Waals surface area (Å²) >= 11 is 0. The maximum absolute atomic E-state index is 11.2. The third kappa shape index (κ3) is 14.4. The zero-order chi connectivity index (χ0) is 44.1. The highest BCUT2D eigenvalue weighted by atomic mass is 16.6. The van der Waals surface area contributed by atoms with Gasteiger partial charge < -0.3 is 20.4 Å². The second kappa shape index (κ2) is 24.0. The van der Waals surface area contributed by atoms with Gasteiger partial charge in [-0.25, -0.2) is 10.9 Å². The monoisotopic (exact) mass is 846 g/mol. The maximum atomic E-state index is 11.2. The number of nitro groups is 2. The standard InChI is InChI=1S/C42H54N16O4/c1-5-9-25-55(26-10-6-2)41-49-37(45-33-17-21-35(22-18-33)57(59)60)47-39(51-41)53-43-29-31-13-15-32(16-14-31)30-44-54-40-48-38(46-34-19-23-36(24-20-34)58(61)62)50-42(52-40)56(27-11-7-3)28-12-8-4/h13-24,29-30H,5-12,25-28H2,1-4H3,(H2,45,47,49,51,53)(H2,46,48,50,52,54)/b43-29-,44-30-. The van der Waals surface area contributed by atoms with Gasteiger partial charge in [-0.05, 0) is 61.1 Å². The van der Waals surface area contributed by atoms with Crippen LogP contribution in [0.15, 0.2) is 83.0 Å². The number of hydrazone groups is 2. The number of anilines is 8. The van der Waals surface area contributed by atoms with Gasteiger partial charge in [0.1, 0.15) is 0 Å². The Kier molecular flexibility index (Phi) is 17.7. The van der Waals surface area contributed by atoms with E-state index in [1.807, 2.05) is 24.3 Å². The molecule has 2 aromatic heterocycles. The number of unbranched alkanes of at least 4 members (excludes halogenated alkanes) is 4. The van der Waals surface area contributed by atoms with E-state index >= 15 is 0 Å². The quantitative estimate of drug-likeness (QED) is 0.0230. The molecule has 62 heavy (non-hydrogen) atoms. The molecule has 326 valence electrons. The fraction of sp³-hybridized carbons (Fsp3) is 0.381. The van der Waals surface area contributed by atoms with E-state index in [2.05, 4.69) is 99.1 Å². The molecule has 0 aliphatic rings. The summed E-state index contributed by atoms with van der Waals surface area (Å²) in [6, 6.07) is 19.6. The first-order valence-electron chi connectivity index (χ1n) is 20.9. The highest BCUT2D eigenvalue weighted by molar-refractivity contribution is 5.84. The third-order valence-electron chi connectivity index (χ3n) is 9.30. The zero-order valence-corrected chi connectivity index (χ0v) is 35.6. The van der Waals surface area contributed by atoms with Gasteiger partial charge in [0.05, 0.1) is 22.3 Å². The van der Waals surface area contributed by atoms with Crippen LogP contribution >= 0.6 is 0 Å². The van der Waals surface area contributed by atoms with Crippen molar-refractivity contribution < 1.29 is 9.85 Å². The predicted molar refractivity (Wildman–Crippen MR) is 245 cm³/mol. The Labute approximate surface area is 360 Å². The number of nitrogens with one attached hydrogen (secondary N) is 4. The predicted octanol–water partition coefficient (Wildman–Crippen LogP) is 9.07. The van der Waals surface area contributed by atoms with Gasteiger partial charge >= 0.3 is 0 Å². The smallest absolute Gasteiger partial charge is 0.269 e. The van der Waals surface area contributed by atoms with Crippen LogP contribution in [0.1, 0.15) is 90.2 Å². The van der Waals surface area contributed by atoms with Crippen LogP contribution in [-0.2, 0) is 0 Å². The number of hydrogen-bond acceptors (Lipinski definition) is 18. The summed E-state index contributed by atoms with van der Waals surface area (Å²) in [5.41, 5.74) is 8.63. The Morgan fingerprint density at radius 3 is 1.13 bits per heavy atom. The number of nitro benzene ring substituents is 2. The van der Waals surface area contributed by atoms with Gasteiger partial charge in [-0.2, -0.15) is 40.1 Å². The van der Waals surface area contributed by atoms with Crippen LogP contribution in [-0.4, -0.2) is 78.4 Å². The van der Waals surface area contributed by atoms with E-state index in [1.54, 1.807) is 36.7 Å². The first-order chi connectivity index (χ1) is 30.2. The van der Waals surface area contributed by atoms with Crippen molar-refractivity contribution in [1.29, 1.82) is 0 Å². The fourth-order valence-electron chi connectivity index (χ4n) is 5.83. The molecule has 0 saturated carbocycles. The summed E-state index contributed by atoms with van der Waals surface area (Å²) in [5, 5.41) is 37.4. The van der Waals surface area contributed by atoms with E-state index in [4.69, 9.17) is 0 Å². The topological polar surface area (TPSA) is 243 Å². The van der Waals surface area contributed by atoms with Crippen molar-refractivity contribution in [2.45, 2.75) is 79.1 Å². The molecule has 0 saturated heterocycles. The molecule has 4 N–H and O–H groups in total. The van der Waals surface area contributed by atoms with Crippen LogP contribution in [0.3, 0.4) is 0 Å². The lowest BCUT2D eigenvalue weighted by Crippen LogP contribution is -2.28. The van der Waals surface area contributed by atoms with Crippen molar-refractivity contribution in [3.63, 3.8) is 0 Å². The number of aromatic nitrogens is 6. The largest absolute Gasteiger partial charge is 0.341 e. The van der Waals surface area contributed by atoms with Gasteiger partial charge in [-0.15, -0.1) is 0 Å². The van der Waals surface area contributed by atoms with Crippen LogP contribution in [0.2, 0.25) is 0 Å². The molecular weight excluding hydrogens is 793 g/mol. The van der Waals surface area contributed by atoms with Gasteiger partial charge in [0.2, 0.25) is 35.7 Å². The molecule has 0 aliphatic heterocycles. The lowest BCUT2D eigenvalue weighted by atomic mass is 10.2. The lowest BCUT2D eigenvalue weighted by molar-refractivity contribution is -0.385. The Bertz CT molecular complexity index is 2070. The Hall–Kier alpha value is -7.38. The molecule has 20 nitrogen and oxygen atoms in total. The number of nitrogens with zero attached hydrogens (tertiary/aromatic N) is 12. The molecular formula is C42H54N16O4. The number of rotatable bonds is 26. The molecule has 0 spiro atoms. The number of hydrogen-bond donors (Lipinski definition) is 4. The molecule has 5 rings (SSSR count). The minimum atomic E-state index is -0.448. The summed E-state index contributed by atoms with van der Waals surface area (Å²) in [5.74, 6) is 2.00. The van der Waals surface area contributed by atoms with E-state index in [0.29, 0.717) is 23.3 Å². The maximum Gasteiger partial charge on any atom is 0.269 e. The first-order valence-corrected chi connectivity index (χ1v) is 20.9.